The van der Waals surface area contributed by atoms with Crippen molar-refractivity contribution in [2.24, 2.45) is 0 Å². The van der Waals surface area contributed by atoms with E-state index in [0.717, 1.165) is 18.8 Å². The van der Waals surface area contributed by atoms with E-state index in [1.165, 1.54) is 14.2 Å². The van der Waals surface area contributed by atoms with Gasteiger partial charge in [-0.05, 0) is 38.3 Å². The Balaban J connectivity index is 1.52. The number of hydrogen-bond acceptors (Lipinski definition) is 11. The van der Waals surface area contributed by atoms with Gasteiger partial charge >= 0.3 is 0 Å². The summed E-state index contributed by atoms with van der Waals surface area (Å²) in [5, 5.41) is 7.63. The Morgan fingerprint density at radius 2 is 1.85 bits per heavy atom. The second kappa shape index (κ2) is 11.9. The third kappa shape index (κ3) is 5.67. The largest absolute Gasteiger partial charge is 0.494 e. The average molecular weight is 578 g/mol. The Bertz CT molecular complexity index is 1390. The lowest BCUT2D eigenvalue weighted by Gasteiger charge is -2.37. The zero-order chi connectivity index (χ0) is 28.3. The fourth-order valence-electron chi connectivity index (χ4n) is 5.06. The lowest BCUT2D eigenvalue weighted by Crippen LogP contribution is -2.51. The minimum atomic E-state index is -4.06. The zero-order valence-electron chi connectivity index (χ0n) is 22.5. The van der Waals surface area contributed by atoms with Crippen molar-refractivity contribution in [2.45, 2.75) is 43.6 Å². The number of anilines is 2. The van der Waals surface area contributed by atoms with Crippen molar-refractivity contribution in [3.63, 3.8) is 0 Å². The van der Waals surface area contributed by atoms with E-state index in [0.29, 0.717) is 49.2 Å². The molecule has 0 unspecified atom stereocenters. The number of para-hydroxylation sites is 1. The summed E-state index contributed by atoms with van der Waals surface area (Å²) >= 11 is 0. The molecule has 0 amide bonds. The monoisotopic (exact) mass is 577 g/mol. The van der Waals surface area contributed by atoms with E-state index in [9.17, 15) is 12.8 Å². The van der Waals surface area contributed by atoms with Crippen LogP contribution in [0.1, 0.15) is 38.1 Å². The van der Waals surface area contributed by atoms with E-state index in [4.69, 9.17) is 18.9 Å². The molecule has 1 N–H and O–H groups in total. The minimum Gasteiger partial charge on any atom is -0.494 e. The molecule has 3 aromatic rings. The van der Waals surface area contributed by atoms with Gasteiger partial charge in [0.1, 0.15) is 28.5 Å². The maximum Gasteiger partial charge on any atom is 0.243 e. The Morgan fingerprint density at radius 1 is 1.12 bits per heavy atom. The molecule has 13 nitrogen and oxygen atoms in total. The van der Waals surface area contributed by atoms with E-state index in [2.05, 4.69) is 24.9 Å². The molecule has 0 radical (unpaired) electrons. The Labute approximate surface area is 231 Å². The predicted molar refractivity (Wildman–Crippen MR) is 143 cm³/mol. The molecule has 3 atom stereocenters. The van der Waals surface area contributed by atoms with Crippen molar-refractivity contribution in [3.05, 3.63) is 42.2 Å². The molecule has 4 heterocycles. The molecular weight excluding hydrogens is 545 g/mol. The molecule has 0 bridgehead atoms. The third-order valence-electron chi connectivity index (χ3n) is 6.87. The quantitative estimate of drug-likeness (QED) is 0.380. The molecule has 15 heteroatoms. The van der Waals surface area contributed by atoms with Crippen LogP contribution in [-0.4, -0.2) is 85.0 Å². The summed E-state index contributed by atoms with van der Waals surface area (Å²) in [6.07, 6.45) is 3.06. The molecule has 216 valence electrons. The SMILES string of the molecule is CCO[C@H]1C[C@@H](S(=O)(=O)Nc2nnc([C@H]3CCCO3)n2-c2c(OC)cccc2OC)CN(c2ncc(F)cn2)C1. The van der Waals surface area contributed by atoms with Crippen LogP contribution in [0.3, 0.4) is 0 Å². The third-order valence-corrected chi connectivity index (χ3v) is 8.56. The first-order chi connectivity index (χ1) is 19.3. The minimum absolute atomic E-state index is 0.0311. The van der Waals surface area contributed by atoms with E-state index in [-0.39, 0.29) is 31.0 Å². The number of methoxy groups -OCH3 is 2. The number of rotatable bonds is 10. The highest BCUT2D eigenvalue weighted by Crippen LogP contribution is 2.39. The van der Waals surface area contributed by atoms with Crippen LogP contribution < -0.4 is 19.1 Å². The summed E-state index contributed by atoms with van der Waals surface area (Å²) < 4.78 is 68.4. The summed E-state index contributed by atoms with van der Waals surface area (Å²) in [7, 11) is -1.04. The number of aromatic nitrogens is 5. The van der Waals surface area contributed by atoms with Gasteiger partial charge < -0.3 is 23.8 Å². The molecule has 0 aliphatic carbocycles. The molecule has 40 heavy (non-hydrogen) atoms. The fourth-order valence-corrected chi connectivity index (χ4v) is 6.45. The van der Waals surface area contributed by atoms with Gasteiger partial charge in [0.25, 0.3) is 0 Å². The van der Waals surface area contributed by atoms with Gasteiger partial charge in [-0.25, -0.2) is 22.8 Å². The highest BCUT2D eigenvalue weighted by Gasteiger charge is 2.39. The van der Waals surface area contributed by atoms with Crippen molar-refractivity contribution >= 4 is 21.9 Å². The molecule has 2 saturated heterocycles. The maximum atomic E-state index is 13.9. The van der Waals surface area contributed by atoms with Crippen LogP contribution in [0, 0.1) is 5.82 Å². The molecule has 2 aromatic heterocycles. The van der Waals surface area contributed by atoms with Gasteiger partial charge in [0.2, 0.25) is 21.9 Å². The highest BCUT2D eigenvalue weighted by atomic mass is 32.2. The van der Waals surface area contributed by atoms with E-state index >= 15 is 0 Å². The van der Waals surface area contributed by atoms with Crippen LogP contribution in [0.5, 0.6) is 11.5 Å². The Morgan fingerprint density at radius 3 is 2.48 bits per heavy atom. The van der Waals surface area contributed by atoms with Gasteiger partial charge in [0, 0.05) is 26.3 Å². The summed E-state index contributed by atoms with van der Waals surface area (Å²) in [6.45, 7) is 3.23. The topological polar surface area (TPSA) is 143 Å². The van der Waals surface area contributed by atoms with Gasteiger partial charge in [-0.1, -0.05) is 6.07 Å². The van der Waals surface area contributed by atoms with Crippen LogP contribution in [-0.2, 0) is 19.5 Å². The smallest absolute Gasteiger partial charge is 0.243 e. The molecule has 0 saturated carbocycles. The Kier molecular flexibility index (Phi) is 8.32. The van der Waals surface area contributed by atoms with Crippen LogP contribution in [0.4, 0.5) is 16.3 Å². The van der Waals surface area contributed by atoms with E-state index in [1.807, 2.05) is 6.92 Å². The number of benzene rings is 1. The Hall–Kier alpha value is -3.56. The van der Waals surface area contributed by atoms with Crippen LogP contribution in [0.2, 0.25) is 0 Å². The summed E-state index contributed by atoms with van der Waals surface area (Å²) in [4.78, 5) is 9.75. The zero-order valence-corrected chi connectivity index (χ0v) is 23.3. The number of piperidine rings is 1. The molecule has 1 aromatic carbocycles. The number of nitrogens with one attached hydrogen (secondary N) is 1. The van der Waals surface area contributed by atoms with Crippen LogP contribution in [0.25, 0.3) is 5.69 Å². The molecule has 0 spiro atoms. The van der Waals surface area contributed by atoms with Gasteiger partial charge in [-0.2, -0.15) is 0 Å². The molecule has 2 fully saturated rings. The van der Waals surface area contributed by atoms with Gasteiger partial charge in [0.05, 0.1) is 32.7 Å². The molecule has 2 aliphatic rings. The van der Waals surface area contributed by atoms with Crippen molar-refractivity contribution in [1.82, 2.24) is 24.7 Å². The van der Waals surface area contributed by atoms with E-state index in [1.54, 1.807) is 27.7 Å². The molecule has 2 aliphatic heterocycles. The first-order valence-corrected chi connectivity index (χ1v) is 14.5. The number of ether oxygens (including phenoxy) is 4. The number of hydrogen-bond donors (Lipinski definition) is 1. The first-order valence-electron chi connectivity index (χ1n) is 13.0. The first kappa shape index (κ1) is 28.0. The number of sulfonamides is 1. The summed E-state index contributed by atoms with van der Waals surface area (Å²) in [5.74, 6) is 0.904. The highest BCUT2D eigenvalue weighted by molar-refractivity contribution is 7.93. The molecular formula is C25H32FN7O6S. The summed E-state index contributed by atoms with van der Waals surface area (Å²) in [5.41, 5.74) is 0.442. The van der Waals surface area contributed by atoms with Gasteiger partial charge in [0.15, 0.2) is 11.6 Å². The normalized spacial score (nSPS) is 21.4. The van der Waals surface area contributed by atoms with Crippen molar-refractivity contribution < 1.29 is 31.8 Å². The second-order valence-corrected chi connectivity index (χ2v) is 11.4. The van der Waals surface area contributed by atoms with Gasteiger partial charge in [-0.3, -0.25) is 9.29 Å². The second-order valence-electron chi connectivity index (χ2n) is 9.42. The molecule has 5 rings (SSSR count). The standard InChI is InChI=1S/C25H32FN7O6S/c1-4-38-17-11-18(15-32(14-17)24-27-12-16(26)13-28-24)40(34,35)31-25-30-29-23(21-9-6-10-39-21)33(25)22-19(36-2)7-5-8-20(22)37-3/h5,7-8,12-13,17-18,21H,4,6,9-11,14-15H2,1-3H3,(H,30,31)/t17-,18+,21+/m0/s1. The van der Waals surface area contributed by atoms with E-state index < -0.39 is 27.2 Å². The summed E-state index contributed by atoms with van der Waals surface area (Å²) in [6, 6.07) is 5.25. The van der Waals surface area contributed by atoms with Crippen LogP contribution in [0.15, 0.2) is 30.6 Å². The predicted octanol–water partition coefficient (Wildman–Crippen LogP) is 2.49. The number of nitrogens with zero attached hydrogens (tertiary/aromatic N) is 6. The lowest BCUT2D eigenvalue weighted by atomic mass is 10.1. The van der Waals surface area contributed by atoms with Crippen molar-refractivity contribution in [2.75, 3.05) is 50.1 Å². The van der Waals surface area contributed by atoms with Crippen molar-refractivity contribution in [1.29, 1.82) is 0 Å². The number of halogens is 1. The lowest BCUT2D eigenvalue weighted by molar-refractivity contribution is 0.0531. The fraction of sp³-hybridized carbons (Fsp3) is 0.520. The van der Waals surface area contributed by atoms with Crippen LogP contribution >= 0.6 is 0 Å². The maximum absolute atomic E-state index is 13.9. The average Bonchev–Trinajstić information content (AvgIpc) is 3.63. The van der Waals surface area contributed by atoms with Crippen molar-refractivity contribution in [3.8, 4) is 17.2 Å². The van der Waals surface area contributed by atoms with Gasteiger partial charge in [-0.15, -0.1) is 10.2 Å².